The number of esters is 3. The number of carbonyl (C=O) groups is 6. The van der Waals surface area contributed by atoms with E-state index in [0.717, 1.165) is 162 Å². The number of halogens is 4. The Morgan fingerprint density at radius 3 is 1.05 bits per heavy atom. The molecular formula is C112H119BBrClI2K2LiMgN3O26. The summed E-state index contributed by atoms with van der Waals surface area (Å²) in [6.07, 6.45) is 10.6. The van der Waals surface area contributed by atoms with E-state index in [1.165, 1.54) is 12.8 Å². The number of fused-ring (bicyclic) bond motifs is 4. The third kappa shape index (κ3) is 39.6. The van der Waals surface area contributed by atoms with Crippen LogP contribution in [0.4, 0.5) is 0 Å². The Bertz CT molecular complexity index is 6880. The molecule has 4 aliphatic rings. The number of hydrogen-bond donors (Lipinski definition) is 9. The van der Waals surface area contributed by atoms with Gasteiger partial charge < -0.3 is 123 Å². The average Bonchev–Trinajstić information content (AvgIpc) is 1.62. The smallest absolute Gasteiger partial charge is 1.00 e. The number of benzene rings is 11. The fraction of sp³-hybridized carbons (Fsp3) is 0.277. The van der Waals surface area contributed by atoms with Crippen LogP contribution in [0.2, 0.25) is 0 Å². The molecule has 13 N–H and O–H groups in total. The molecule has 4 heterocycles. The van der Waals surface area contributed by atoms with Crippen molar-refractivity contribution in [3.05, 3.63) is 340 Å². The Hall–Kier alpha value is -7.67. The molecule has 15 aromatic rings. The maximum atomic E-state index is 12.0. The van der Waals surface area contributed by atoms with Gasteiger partial charge in [0.05, 0.1) is 52.6 Å². The Labute approximate surface area is 1030 Å². The monoisotopic (exact) mass is 2410 g/mol. The quantitative estimate of drug-likeness (QED) is 0.00255. The summed E-state index contributed by atoms with van der Waals surface area (Å²) in [5.74, 6) is 3.77. The number of rotatable bonds is 37. The summed E-state index contributed by atoms with van der Waals surface area (Å²) < 4.78 is 65.0. The van der Waals surface area contributed by atoms with E-state index in [2.05, 4.69) is 68.6 Å². The maximum absolute atomic E-state index is 12.0. The number of ether oxygens (including phenoxy) is 7. The van der Waals surface area contributed by atoms with Gasteiger partial charge in [0.1, 0.15) is 107 Å². The first-order valence-electron chi connectivity index (χ1n) is 47.2. The van der Waals surface area contributed by atoms with Gasteiger partial charge >= 0.3 is 176 Å². The number of carbonyl (C=O) groups excluding carboxylic acids is 5. The van der Waals surface area contributed by atoms with Crippen molar-refractivity contribution in [2.24, 2.45) is 35.0 Å². The normalized spacial score (nSPS) is 12.7. The molecule has 4 aromatic heterocycles. The van der Waals surface area contributed by atoms with Crippen LogP contribution in [-0.4, -0.2) is 123 Å². The van der Waals surface area contributed by atoms with E-state index in [9.17, 15) is 44.4 Å². The minimum Gasteiger partial charge on any atom is -1.00 e. The predicted molar refractivity (Wildman–Crippen MR) is 583 cm³/mol. The fourth-order valence-corrected chi connectivity index (χ4v) is 17.4. The largest absolute Gasteiger partial charge is 2.00 e. The molecule has 3 unspecified atom stereocenters. The molecule has 4 fully saturated rings. The molecule has 3 atom stereocenters. The summed E-state index contributed by atoms with van der Waals surface area (Å²) in [4.78, 5) is 69.0. The molecule has 19 rings (SSSR count). The number of hydrogen-bond acceptors (Lipinski definition) is 28. The van der Waals surface area contributed by atoms with Crippen LogP contribution in [0.15, 0.2) is 260 Å². The van der Waals surface area contributed by atoms with Crippen LogP contribution in [0.25, 0.3) is 66.1 Å². The van der Waals surface area contributed by atoms with Gasteiger partial charge in [0, 0.05) is 74.6 Å². The number of para-hydroxylation sites is 4. The molecule has 11 aromatic carbocycles. The second-order valence-corrected chi connectivity index (χ2v) is 36.8. The van der Waals surface area contributed by atoms with Crippen LogP contribution >= 0.6 is 74.6 Å². The first-order chi connectivity index (χ1) is 69.4. The van der Waals surface area contributed by atoms with Crippen LogP contribution in [0.3, 0.4) is 0 Å². The molecule has 4 saturated carbocycles. The molecule has 29 nitrogen and oxygen atoms in total. The molecule has 0 aliphatic heterocycles. The van der Waals surface area contributed by atoms with Gasteiger partial charge in [-0.2, -0.15) is 0 Å². The number of aldehydes is 1. The third-order valence-electron chi connectivity index (χ3n) is 23.4. The molecule has 150 heavy (non-hydrogen) atoms. The summed E-state index contributed by atoms with van der Waals surface area (Å²) in [6, 6.07) is 76.1. The van der Waals surface area contributed by atoms with Gasteiger partial charge in [-0.1, -0.05) is 133 Å². The second kappa shape index (κ2) is 66.7. The zero-order valence-corrected chi connectivity index (χ0v) is 98.8. The first kappa shape index (κ1) is 131. The summed E-state index contributed by atoms with van der Waals surface area (Å²) >= 11 is 4.42. The Kier molecular flexibility index (Phi) is 58.2. The van der Waals surface area contributed by atoms with Crippen molar-refractivity contribution in [1.82, 2.24) is 0 Å². The first-order valence-corrected chi connectivity index (χ1v) is 49.4. The van der Waals surface area contributed by atoms with Crippen LogP contribution < -0.4 is 168 Å². The summed E-state index contributed by atoms with van der Waals surface area (Å²) in [5, 5.41) is 70.5. The van der Waals surface area contributed by atoms with E-state index < -0.39 is 31.4 Å². The van der Waals surface area contributed by atoms with E-state index in [1.807, 2.05) is 188 Å². The van der Waals surface area contributed by atoms with E-state index >= 15 is 0 Å². The Morgan fingerprint density at radius 2 is 0.740 bits per heavy atom. The average molecular weight is 2410 g/mol. The van der Waals surface area contributed by atoms with Crippen molar-refractivity contribution in [2.45, 2.75) is 162 Å². The molecule has 0 amide bonds. The fourth-order valence-electron chi connectivity index (χ4n) is 15.7. The van der Waals surface area contributed by atoms with Crippen LogP contribution in [0.1, 0.15) is 182 Å². The van der Waals surface area contributed by atoms with E-state index in [1.54, 1.807) is 63.2 Å². The zero-order valence-electron chi connectivity index (χ0n) is 86.3. The van der Waals surface area contributed by atoms with E-state index in [0.29, 0.717) is 134 Å². The van der Waals surface area contributed by atoms with Gasteiger partial charge in [-0.25, -0.2) is 12.8 Å². The molecule has 0 spiro atoms. The second-order valence-electron chi connectivity index (χ2n) is 34.5. The molecule has 4 aliphatic carbocycles. The Balaban J connectivity index is 0.000000393. The summed E-state index contributed by atoms with van der Waals surface area (Å²) in [6.45, 7) is 8.84. The van der Waals surface area contributed by atoms with Gasteiger partial charge in [0.2, 0.25) is 0 Å². The van der Waals surface area contributed by atoms with Crippen molar-refractivity contribution >= 4 is 191 Å². The molecule has 0 saturated heterocycles. The minimum atomic E-state index is -1.40. The van der Waals surface area contributed by atoms with Crippen molar-refractivity contribution < 1.29 is 250 Å². The van der Waals surface area contributed by atoms with Gasteiger partial charge in [0.15, 0.2) is 12.0 Å². The summed E-state index contributed by atoms with van der Waals surface area (Å²) in [5.41, 5.74) is 34.1. The van der Waals surface area contributed by atoms with E-state index in [-0.39, 0.29) is 251 Å². The molecule has 774 valence electrons. The molecule has 38 heteroatoms. The van der Waals surface area contributed by atoms with Crippen LogP contribution in [-0.2, 0) is 115 Å². The molecular weight excluding hydrogens is 2290 g/mol. The number of furan rings is 4. The van der Waals surface area contributed by atoms with Crippen molar-refractivity contribution in [3.63, 3.8) is 0 Å². The summed E-state index contributed by atoms with van der Waals surface area (Å²) in [7, 11) is -1.40. The number of aliphatic hydroxyl groups is 3. The van der Waals surface area contributed by atoms with Crippen LogP contribution in [0.5, 0.6) is 23.0 Å². The number of carboxylic acids is 1. The van der Waals surface area contributed by atoms with Crippen LogP contribution in [0, 0.1) is 31.3 Å². The van der Waals surface area contributed by atoms with Gasteiger partial charge in [-0.05, 0) is 287 Å². The van der Waals surface area contributed by atoms with Crippen molar-refractivity contribution in [2.75, 3.05) is 19.8 Å². The Morgan fingerprint density at radius 1 is 0.440 bits per heavy atom. The van der Waals surface area contributed by atoms with Crippen molar-refractivity contribution in [3.8, 4) is 45.3 Å². The van der Waals surface area contributed by atoms with Gasteiger partial charge in [-0.3, -0.25) is 28.8 Å². The topological polar surface area (TPSA) is 481 Å². The molecule has 0 bridgehead atoms. The number of aliphatic carboxylic acids is 1. The standard InChI is InChI=1S/C30H31NO5.C28H27NO5.C23H23IO5.C20H17IO5.C7H10BNO2.C3H5.CH2O3.BrH.ClH.2K.Li.Mg.H2O.2H/c1-2-34-28(32)16-23-7-3-4-9-26(23)35-18-20-13-24-15-27(29(33)21-10-11-21)36-30(24)25(14-20)22-8-5-6-19(12-22)17-31;29-15-17-4-3-6-20(10-17)23-12-18(16-33-24-7-2-1-5-21(24)14-26(30)31)11-22-13-25(34-28(22)23)27(32)19-8-9-19;1-2-27-21(25)12-16-5-3-4-6-19(16)28-13-14-9-17-11-20(22(26)15-7-8-15)29-23(17)18(24)10-14;1-2-24-19(23)10-14-5-3-4-6-18(14)25-12-13-7-15-9-16(11-22)26-20(15)17(21)8-13;9-5-6-2-1-3-7(4-6)8(10)11;1-2-3-1;2-1-4-3;;;;;;;;;/h3-9,12-15,21,29,33H,2,10-11,16-18,31H2,1H3;1-7,10-13,19,27,32H,8-9,14-16,29H2,(H,30,31);3-6,9-11,15,22,26H,2,7-8,12-13H2,1H3;3-9,11H,2,10,12H2,1H3;1-4,10-11H,5,9H2;1H,2-3H2;1,3H;2*1H;;;;;1H2;;/q;;;;;-1;;;;3*+1;+2;;2*-1/p-2. The van der Waals surface area contributed by atoms with Crippen molar-refractivity contribution in [1.29, 1.82) is 0 Å². The van der Waals surface area contributed by atoms with E-state index in [4.69, 9.17) is 88.1 Å². The molecule has 0 radical (unpaired) electrons. The third-order valence-corrected chi connectivity index (χ3v) is 25.0. The predicted octanol–water partition coefficient (Wildman–Crippen LogP) is 10.5. The SMILES string of the molecule is Br.CCOC(=O)Cc1ccccc1OCc1cc(-c2cccc(CN)c2)c2oc(C(O)C3CC3)cc2c1.CCOC(=O)Cc1ccccc1OCc1cc(I)c2oc(C(O)C3CC3)cc2c1.CCOC(=O)Cc1ccccc1OCc1cc(I)c2oc(C=O)cc2c1.Cl.NCc1cccc(-c2cc(COc3ccccc3CC(=O)O)cc3cc(C(O)C4CC4)oc23)c1.NCc1cccc(B(O)O)c1.O=CO[O-].[CH-]1CC1.[H-].[H-].[K+].[K+].[Li+].[Mg+2].[OH-]. The van der Waals surface area contributed by atoms with Gasteiger partial charge in [0.25, 0.3) is 6.47 Å². The minimum absolute atomic E-state index is 0. The zero-order chi connectivity index (χ0) is 101. The maximum Gasteiger partial charge on any atom is 2.00 e. The number of aliphatic hydroxyl groups excluding tert-OH is 3. The number of carboxylic acid groups (broad SMARTS) is 1. The van der Waals surface area contributed by atoms with Gasteiger partial charge in [-0.15, -0.1) is 29.4 Å². The number of nitrogens with two attached hydrogens (primary N) is 3.